The molecular weight excluding hydrogens is 396 g/mol. The number of methoxy groups -OCH3 is 1. The largest absolute Gasteiger partial charge is 0.497 e. The molecule has 0 aliphatic carbocycles. The number of hydrogen-bond acceptors (Lipinski definition) is 5. The number of allylic oxidation sites excluding steroid dienone is 1. The Bertz CT molecular complexity index is 1060. The van der Waals surface area contributed by atoms with Gasteiger partial charge in [0.2, 0.25) is 5.91 Å². The topological polar surface area (TPSA) is 60.2 Å². The normalized spacial score (nSPS) is 13.7. The van der Waals surface area contributed by atoms with E-state index in [1.54, 1.807) is 7.11 Å². The van der Waals surface area contributed by atoms with Gasteiger partial charge in [0.1, 0.15) is 5.75 Å². The van der Waals surface area contributed by atoms with Gasteiger partial charge in [-0.15, -0.1) is 16.8 Å². The summed E-state index contributed by atoms with van der Waals surface area (Å²) in [5.41, 5.74) is 3.17. The number of rotatable bonds is 7. The van der Waals surface area contributed by atoms with E-state index in [0.29, 0.717) is 11.7 Å². The lowest BCUT2D eigenvalue weighted by atomic mass is 10.2. The predicted molar refractivity (Wildman–Crippen MR) is 120 cm³/mol. The van der Waals surface area contributed by atoms with Crippen LogP contribution in [0.5, 0.6) is 5.75 Å². The zero-order valence-electron chi connectivity index (χ0n) is 17.1. The number of fused-ring (bicyclic) bond motifs is 1. The van der Waals surface area contributed by atoms with Crippen molar-refractivity contribution in [3.05, 3.63) is 66.7 Å². The van der Waals surface area contributed by atoms with Gasteiger partial charge in [-0.25, -0.2) is 0 Å². The second-order valence-corrected chi connectivity index (χ2v) is 8.37. The third-order valence-corrected chi connectivity index (χ3v) is 6.23. The lowest BCUT2D eigenvalue weighted by Gasteiger charge is -2.21. The van der Waals surface area contributed by atoms with Crippen LogP contribution in [0.15, 0.2) is 66.3 Å². The number of amides is 1. The third kappa shape index (κ3) is 3.85. The Morgan fingerprint density at radius 1 is 1.23 bits per heavy atom. The predicted octanol–water partition coefficient (Wildman–Crippen LogP) is 4.21. The summed E-state index contributed by atoms with van der Waals surface area (Å²) in [4.78, 5) is 15.0. The molecule has 4 rings (SSSR count). The SMILES string of the molecule is C=CCn1c(S[C@H](C)C(=O)N2CCc3ccccc32)nnc1-c1ccc(OC)cc1. The maximum atomic E-state index is 13.1. The first-order chi connectivity index (χ1) is 14.6. The molecule has 3 aromatic rings. The molecule has 2 aromatic carbocycles. The highest BCUT2D eigenvalue weighted by molar-refractivity contribution is 8.00. The maximum Gasteiger partial charge on any atom is 0.240 e. The smallest absolute Gasteiger partial charge is 0.240 e. The molecule has 0 N–H and O–H groups in total. The number of aromatic nitrogens is 3. The Hall–Kier alpha value is -3.06. The Morgan fingerprint density at radius 3 is 2.73 bits per heavy atom. The number of carbonyl (C=O) groups excluding carboxylic acids is 1. The van der Waals surface area contributed by atoms with Crippen LogP contribution in [-0.2, 0) is 17.8 Å². The van der Waals surface area contributed by atoms with Crippen LogP contribution in [0.25, 0.3) is 11.4 Å². The van der Waals surface area contributed by atoms with Crippen molar-refractivity contribution in [2.75, 3.05) is 18.6 Å². The van der Waals surface area contributed by atoms with Crippen LogP contribution >= 0.6 is 11.8 Å². The van der Waals surface area contributed by atoms with Gasteiger partial charge >= 0.3 is 0 Å². The maximum absolute atomic E-state index is 13.1. The minimum atomic E-state index is -0.285. The minimum Gasteiger partial charge on any atom is -0.497 e. The molecule has 1 aromatic heterocycles. The van der Waals surface area contributed by atoms with Gasteiger partial charge in [-0.2, -0.15) is 0 Å². The number of anilines is 1. The monoisotopic (exact) mass is 420 g/mol. The summed E-state index contributed by atoms with van der Waals surface area (Å²) in [5, 5.41) is 9.18. The standard InChI is InChI=1S/C23H24N4O2S/c1-4-14-27-21(18-9-11-19(29-3)12-10-18)24-25-23(27)30-16(2)22(28)26-15-13-17-7-5-6-8-20(17)26/h4-12,16H,1,13-15H2,2-3H3/t16-/m1/s1. The number of hydrogen-bond donors (Lipinski definition) is 0. The molecule has 0 unspecified atom stereocenters. The van der Waals surface area contributed by atoms with Gasteiger partial charge in [0.25, 0.3) is 0 Å². The number of ether oxygens (including phenoxy) is 1. The van der Waals surface area contributed by atoms with Gasteiger partial charge in [-0.3, -0.25) is 9.36 Å². The highest BCUT2D eigenvalue weighted by atomic mass is 32.2. The number of thioether (sulfide) groups is 1. The summed E-state index contributed by atoms with van der Waals surface area (Å²) in [6, 6.07) is 15.8. The summed E-state index contributed by atoms with van der Waals surface area (Å²) >= 11 is 1.43. The molecule has 2 heterocycles. The number of para-hydroxylation sites is 1. The molecule has 0 radical (unpaired) electrons. The minimum absolute atomic E-state index is 0.0871. The molecule has 1 amide bonds. The highest BCUT2D eigenvalue weighted by Crippen LogP contribution is 2.32. The Balaban J connectivity index is 1.56. The molecule has 154 valence electrons. The first kappa shape index (κ1) is 20.2. The van der Waals surface area contributed by atoms with Gasteiger partial charge in [-0.1, -0.05) is 36.0 Å². The van der Waals surface area contributed by atoms with E-state index >= 15 is 0 Å². The molecule has 7 heteroatoms. The fourth-order valence-electron chi connectivity index (χ4n) is 3.62. The van der Waals surface area contributed by atoms with Crippen molar-refractivity contribution >= 4 is 23.4 Å². The van der Waals surface area contributed by atoms with E-state index in [9.17, 15) is 4.79 Å². The molecule has 0 saturated carbocycles. The van der Waals surface area contributed by atoms with Crippen LogP contribution in [0.2, 0.25) is 0 Å². The average Bonchev–Trinajstić information content (AvgIpc) is 3.38. The van der Waals surface area contributed by atoms with Crippen LogP contribution < -0.4 is 9.64 Å². The van der Waals surface area contributed by atoms with Crippen LogP contribution in [-0.4, -0.2) is 39.6 Å². The highest BCUT2D eigenvalue weighted by Gasteiger charge is 2.29. The van der Waals surface area contributed by atoms with Crippen molar-refractivity contribution in [3.63, 3.8) is 0 Å². The lowest BCUT2D eigenvalue weighted by molar-refractivity contribution is -0.117. The molecular formula is C23H24N4O2S. The molecule has 0 bridgehead atoms. The second-order valence-electron chi connectivity index (χ2n) is 7.06. The van der Waals surface area contributed by atoms with Crippen LogP contribution in [0.1, 0.15) is 12.5 Å². The van der Waals surface area contributed by atoms with Crippen molar-refractivity contribution in [1.29, 1.82) is 0 Å². The van der Waals surface area contributed by atoms with E-state index < -0.39 is 0 Å². The second kappa shape index (κ2) is 8.75. The molecule has 30 heavy (non-hydrogen) atoms. The molecule has 0 saturated heterocycles. The summed E-state index contributed by atoms with van der Waals surface area (Å²) in [5.74, 6) is 1.61. The number of carbonyl (C=O) groups is 1. The third-order valence-electron chi connectivity index (χ3n) is 5.16. The fourth-order valence-corrected chi connectivity index (χ4v) is 4.54. The van der Waals surface area contributed by atoms with E-state index in [0.717, 1.165) is 35.8 Å². The molecule has 1 atom stereocenters. The lowest BCUT2D eigenvalue weighted by Crippen LogP contribution is -2.35. The van der Waals surface area contributed by atoms with Crippen molar-refractivity contribution in [2.45, 2.75) is 30.3 Å². The summed E-state index contributed by atoms with van der Waals surface area (Å²) < 4.78 is 7.22. The fraction of sp³-hybridized carbons (Fsp3) is 0.261. The summed E-state index contributed by atoms with van der Waals surface area (Å²) in [6.45, 7) is 7.07. The first-order valence-corrected chi connectivity index (χ1v) is 10.7. The summed E-state index contributed by atoms with van der Waals surface area (Å²) in [6.07, 6.45) is 2.71. The van der Waals surface area contributed by atoms with Crippen molar-refractivity contribution in [2.24, 2.45) is 0 Å². The quantitative estimate of drug-likeness (QED) is 0.423. The number of benzene rings is 2. The van der Waals surface area contributed by atoms with Gasteiger partial charge in [0.05, 0.1) is 12.4 Å². The van der Waals surface area contributed by atoms with E-state index in [1.165, 1.54) is 17.3 Å². The van der Waals surface area contributed by atoms with E-state index in [-0.39, 0.29) is 11.2 Å². The van der Waals surface area contributed by atoms with E-state index in [1.807, 2.05) is 64.9 Å². The molecule has 0 spiro atoms. The summed E-state index contributed by atoms with van der Waals surface area (Å²) in [7, 11) is 1.64. The van der Waals surface area contributed by atoms with E-state index in [2.05, 4.69) is 22.8 Å². The Kier molecular flexibility index (Phi) is 5.90. The van der Waals surface area contributed by atoms with E-state index in [4.69, 9.17) is 4.74 Å². The average molecular weight is 421 g/mol. The first-order valence-electron chi connectivity index (χ1n) is 9.87. The van der Waals surface area contributed by atoms with Crippen molar-refractivity contribution < 1.29 is 9.53 Å². The van der Waals surface area contributed by atoms with Gasteiger partial charge in [0.15, 0.2) is 11.0 Å². The molecule has 1 aliphatic heterocycles. The Morgan fingerprint density at radius 2 is 2.00 bits per heavy atom. The zero-order valence-corrected chi connectivity index (χ0v) is 17.9. The molecule has 0 fully saturated rings. The molecule has 6 nitrogen and oxygen atoms in total. The van der Waals surface area contributed by atoms with Crippen molar-refractivity contribution in [3.8, 4) is 17.1 Å². The molecule has 1 aliphatic rings. The van der Waals surface area contributed by atoms with Gasteiger partial charge < -0.3 is 9.64 Å². The zero-order chi connectivity index (χ0) is 21.1. The number of nitrogens with zero attached hydrogens (tertiary/aromatic N) is 4. The van der Waals surface area contributed by atoms with Crippen LogP contribution in [0.4, 0.5) is 5.69 Å². The van der Waals surface area contributed by atoms with Gasteiger partial charge in [-0.05, 0) is 49.2 Å². The van der Waals surface area contributed by atoms with Crippen LogP contribution in [0, 0.1) is 0 Å². The van der Waals surface area contributed by atoms with Crippen molar-refractivity contribution in [1.82, 2.24) is 14.8 Å². The van der Waals surface area contributed by atoms with Gasteiger partial charge in [0, 0.05) is 24.3 Å². The Labute approximate surface area is 180 Å². The van der Waals surface area contributed by atoms with Crippen LogP contribution in [0.3, 0.4) is 0 Å².